The molecule has 0 saturated heterocycles. The number of fused-ring (bicyclic) bond motifs is 1. The van der Waals surface area contributed by atoms with Crippen LogP contribution in [0.4, 0.5) is 0 Å². The second-order valence-corrected chi connectivity index (χ2v) is 5.48. The Morgan fingerprint density at radius 2 is 2.00 bits per heavy atom. The molecular weight excluding hydrogens is 266 g/mol. The number of aryl methyl sites for hydroxylation is 1. The molecule has 5 heteroatoms. The summed E-state index contributed by atoms with van der Waals surface area (Å²) in [6.07, 6.45) is 0.697. The van der Waals surface area contributed by atoms with Gasteiger partial charge in [-0.15, -0.1) is 11.3 Å². The summed E-state index contributed by atoms with van der Waals surface area (Å²) in [6.45, 7) is 1.91. The first-order chi connectivity index (χ1) is 8.70. The Labute approximate surface area is 114 Å². The summed E-state index contributed by atoms with van der Waals surface area (Å²) >= 11 is 7.55. The van der Waals surface area contributed by atoms with Gasteiger partial charge >= 0.3 is 0 Å². The van der Waals surface area contributed by atoms with Crippen molar-refractivity contribution in [2.45, 2.75) is 13.3 Å². The first kappa shape index (κ1) is 11.6. The topological polar surface area (TPSA) is 38.7 Å². The number of aromatic nitrogens is 3. The highest BCUT2D eigenvalue weighted by Gasteiger charge is 2.06. The van der Waals surface area contributed by atoms with E-state index in [0.717, 1.165) is 21.9 Å². The minimum absolute atomic E-state index is 0.297. The number of hydrogen-bond acceptors (Lipinski definition) is 4. The van der Waals surface area contributed by atoms with Gasteiger partial charge in [0.25, 0.3) is 0 Å². The standard InChI is InChI=1S/C13H10ClN3S/c1-8-6-9(16-13(14)15-8)7-12-17-10-4-2-3-5-11(10)18-12/h2-6H,7H2,1H3. The molecule has 0 bridgehead atoms. The zero-order valence-electron chi connectivity index (χ0n) is 9.72. The molecular formula is C13H10ClN3S. The SMILES string of the molecule is Cc1cc(Cc2nc3ccccc3s2)nc(Cl)n1. The summed E-state index contributed by atoms with van der Waals surface area (Å²) in [6, 6.07) is 10.1. The average Bonchev–Trinajstić information content (AvgIpc) is 2.69. The van der Waals surface area contributed by atoms with Crippen LogP contribution >= 0.6 is 22.9 Å². The second-order valence-electron chi connectivity index (χ2n) is 4.02. The molecule has 2 heterocycles. The fourth-order valence-corrected chi connectivity index (χ4v) is 3.06. The minimum atomic E-state index is 0.297. The van der Waals surface area contributed by atoms with Crippen molar-refractivity contribution in [3.8, 4) is 0 Å². The van der Waals surface area contributed by atoms with E-state index in [9.17, 15) is 0 Å². The Morgan fingerprint density at radius 1 is 1.17 bits per heavy atom. The molecule has 18 heavy (non-hydrogen) atoms. The van der Waals surface area contributed by atoms with Gasteiger partial charge in [0.2, 0.25) is 5.28 Å². The number of halogens is 1. The van der Waals surface area contributed by atoms with E-state index < -0.39 is 0 Å². The number of thiazole rings is 1. The predicted molar refractivity (Wildman–Crippen MR) is 74.2 cm³/mol. The van der Waals surface area contributed by atoms with Crippen molar-refractivity contribution in [2.75, 3.05) is 0 Å². The summed E-state index contributed by atoms with van der Waals surface area (Å²) < 4.78 is 1.20. The van der Waals surface area contributed by atoms with Crippen molar-refractivity contribution in [2.24, 2.45) is 0 Å². The van der Waals surface area contributed by atoms with Crippen LogP contribution in [0.5, 0.6) is 0 Å². The summed E-state index contributed by atoms with van der Waals surface area (Å²) in [4.78, 5) is 12.9. The molecule has 0 fully saturated rings. The molecule has 90 valence electrons. The highest BCUT2D eigenvalue weighted by molar-refractivity contribution is 7.18. The van der Waals surface area contributed by atoms with Gasteiger partial charge < -0.3 is 0 Å². The quantitative estimate of drug-likeness (QED) is 0.670. The molecule has 0 aliphatic rings. The van der Waals surface area contributed by atoms with Gasteiger partial charge in [-0.3, -0.25) is 0 Å². The third-order valence-electron chi connectivity index (χ3n) is 2.55. The van der Waals surface area contributed by atoms with Crippen molar-refractivity contribution < 1.29 is 0 Å². The lowest BCUT2D eigenvalue weighted by Crippen LogP contribution is -1.95. The Kier molecular flexibility index (Phi) is 2.97. The first-order valence-corrected chi connectivity index (χ1v) is 6.75. The molecule has 3 nitrogen and oxygen atoms in total. The van der Waals surface area contributed by atoms with Gasteiger partial charge in [-0.2, -0.15) is 0 Å². The number of nitrogens with zero attached hydrogens (tertiary/aromatic N) is 3. The third kappa shape index (κ3) is 2.35. The zero-order chi connectivity index (χ0) is 12.5. The Morgan fingerprint density at radius 3 is 2.78 bits per heavy atom. The molecule has 0 N–H and O–H groups in total. The van der Waals surface area contributed by atoms with E-state index in [2.05, 4.69) is 21.0 Å². The second kappa shape index (κ2) is 4.63. The van der Waals surface area contributed by atoms with Gasteiger partial charge in [-0.05, 0) is 36.7 Å². The molecule has 0 atom stereocenters. The Balaban J connectivity index is 1.96. The van der Waals surface area contributed by atoms with Gasteiger partial charge in [0, 0.05) is 12.1 Å². The van der Waals surface area contributed by atoms with Crippen molar-refractivity contribution in [3.05, 3.63) is 52.0 Å². The normalized spacial score (nSPS) is 11.0. The molecule has 3 rings (SSSR count). The number of para-hydroxylation sites is 1. The number of rotatable bonds is 2. The van der Waals surface area contributed by atoms with Gasteiger partial charge in [-0.1, -0.05) is 12.1 Å². The van der Waals surface area contributed by atoms with Crippen LogP contribution in [0.2, 0.25) is 5.28 Å². The largest absolute Gasteiger partial charge is 0.241 e. The van der Waals surface area contributed by atoms with Crippen LogP contribution in [-0.2, 0) is 6.42 Å². The van der Waals surface area contributed by atoms with E-state index in [4.69, 9.17) is 11.6 Å². The van der Waals surface area contributed by atoms with Crippen LogP contribution in [-0.4, -0.2) is 15.0 Å². The Hall–Kier alpha value is -1.52. The maximum absolute atomic E-state index is 5.86. The van der Waals surface area contributed by atoms with Crippen LogP contribution in [0, 0.1) is 6.92 Å². The van der Waals surface area contributed by atoms with Gasteiger partial charge in [0.15, 0.2) is 0 Å². The smallest absolute Gasteiger partial charge is 0.222 e. The molecule has 0 spiro atoms. The molecule has 0 saturated carbocycles. The molecule has 0 amide bonds. The highest BCUT2D eigenvalue weighted by Crippen LogP contribution is 2.23. The maximum Gasteiger partial charge on any atom is 0.222 e. The molecule has 3 aromatic rings. The van der Waals surface area contributed by atoms with Crippen molar-refractivity contribution in [1.29, 1.82) is 0 Å². The molecule has 0 unspecified atom stereocenters. The van der Waals surface area contributed by atoms with E-state index in [-0.39, 0.29) is 0 Å². The minimum Gasteiger partial charge on any atom is -0.241 e. The van der Waals surface area contributed by atoms with E-state index >= 15 is 0 Å². The van der Waals surface area contributed by atoms with Crippen molar-refractivity contribution in [3.63, 3.8) is 0 Å². The fourth-order valence-electron chi connectivity index (χ4n) is 1.84. The molecule has 0 aliphatic carbocycles. The zero-order valence-corrected chi connectivity index (χ0v) is 11.3. The molecule has 1 aromatic carbocycles. The summed E-state index contributed by atoms with van der Waals surface area (Å²) in [5, 5.41) is 1.34. The van der Waals surface area contributed by atoms with E-state index in [1.165, 1.54) is 4.70 Å². The van der Waals surface area contributed by atoms with Crippen LogP contribution in [0.25, 0.3) is 10.2 Å². The predicted octanol–water partition coefficient (Wildman–Crippen LogP) is 3.64. The average molecular weight is 276 g/mol. The lowest BCUT2D eigenvalue weighted by Gasteiger charge is -1.99. The molecule has 2 aromatic heterocycles. The van der Waals surface area contributed by atoms with Crippen LogP contribution in [0.1, 0.15) is 16.4 Å². The lowest BCUT2D eigenvalue weighted by molar-refractivity contribution is 0.993. The monoisotopic (exact) mass is 275 g/mol. The van der Waals surface area contributed by atoms with E-state index in [1.807, 2.05) is 31.2 Å². The van der Waals surface area contributed by atoms with E-state index in [0.29, 0.717) is 11.7 Å². The first-order valence-electron chi connectivity index (χ1n) is 5.55. The van der Waals surface area contributed by atoms with Crippen LogP contribution in [0.15, 0.2) is 30.3 Å². The molecule has 0 radical (unpaired) electrons. The summed E-state index contributed by atoms with van der Waals surface area (Å²) in [7, 11) is 0. The van der Waals surface area contributed by atoms with Gasteiger partial charge in [-0.25, -0.2) is 15.0 Å². The highest BCUT2D eigenvalue weighted by atomic mass is 35.5. The van der Waals surface area contributed by atoms with Crippen LogP contribution < -0.4 is 0 Å². The van der Waals surface area contributed by atoms with Crippen LogP contribution in [0.3, 0.4) is 0 Å². The Bertz CT molecular complexity index is 655. The van der Waals surface area contributed by atoms with Gasteiger partial charge in [0.05, 0.1) is 20.9 Å². The summed E-state index contributed by atoms with van der Waals surface area (Å²) in [5.41, 5.74) is 2.83. The van der Waals surface area contributed by atoms with Crippen molar-refractivity contribution in [1.82, 2.24) is 15.0 Å². The van der Waals surface area contributed by atoms with E-state index in [1.54, 1.807) is 11.3 Å². The summed E-state index contributed by atoms with van der Waals surface area (Å²) in [5.74, 6) is 0. The third-order valence-corrected chi connectivity index (χ3v) is 3.76. The maximum atomic E-state index is 5.86. The van der Waals surface area contributed by atoms with Crippen molar-refractivity contribution >= 4 is 33.2 Å². The lowest BCUT2D eigenvalue weighted by atomic mass is 10.3. The van der Waals surface area contributed by atoms with Gasteiger partial charge in [0.1, 0.15) is 0 Å². The fraction of sp³-hybridized carbons (Fsp3) is 0.154. The number of hydrogen-bond donors (Lipinski definition) is 0. The number of benzene rings is 1. The molecule has 0 aliphatic heterocycles.